The summed E-state index contributed by atoms with van der Waals surface area (Å²) in [5.41, 5.74) is 2.17. The van der Waals surface area contributed by atoms with Crippen molar-refractivity contribution >= 4 is 33.8 Å². The number of nitrogens with one attached hydrogen (secondary N) is 1. The van der Waals surface area contributed by atoms with E-state index in [4.69, 9.17) is 11.6 Å². The topological polar surface area (TPSA) is 24.9 Å². The summed E-state index contributed by atoms with van der Waals surface area (Å²) >= 11 is 8.09. The second kappa shape index (κ2) is 6.56. The minimum atomic E-state index is 0.757. The van der Waals surface area contributed by atoms with Crippen LogP contribution in [0.3, 0.4) is 0 Å². The Labute approximate surface area is 133 Å². The number of hydrogen-bond donors (Lipinski definition) is 1. The van der Waals surface area contributed by atoms with Crippen molar-refractivity contribution in [2.45, 2.75) is 26.4 Å². The van der Waals surface area contributed by atoms with E-state index < -0.39 is 0 Å². The first-order valence-electron chi connectivity index (χ1n) is 7.08. The number of thiophene rings is 1. The van der Waals surface area contributed by atoms with E-state index in [9.17, 15) is 0 Å². The zero-order valence-corrected chi connectivity index (χ0v) is 13.5. The van der Waals surface area contributed by atoms with Gasteiger partial charge in [0.25, 0.3) is 0 Å². The second-order valence-electron chi connectivity index (χ2n) is 4.93. The molecule has 2 aromatic heterocycles. The smallest absolute Gasteiger partial charge is 0.0761 e. The van der Waals surface area contributed by atoms with Gasteiger partial charge in [-0.3, -0.25) is 4.98 Å². The van der Waals surface area contributed by atoms with Crippen molar-refractivity contribution in [3.05, 3.63) is 62.9 Å². The number of pyridine rings is 1. The maximum Gasteiger partial charge on any atom is 0.0761 e. The van der Waals surface area contributed by atoms with Crippen LogP contribution >= 0.6 is 22.9 Å². The highest BCUT2D eigenvalue weighted by molar-refractivity contribution is 7.11. The molecule has 0 radical (unpaired) electrons. The fourth-order valence-corrected chi connectivity index (χ4v) is 3.51. The maximum absolute atomic E-state index is 6.22. The van der Waals surface area contributed by atoms with E-state index in [0.717, 1.165) is 35.4 Å². The van der Waals surface area contributed by atoms with E-state index in [2.05, 4.69) is 35.4 Å². The summed E-state index contributed by atoms with van der Waals surface area (Å²) in [6.45, 7) is 3.88. The number of benzene rings is 1. The van der Waals surface area contributed by atoms with Gasteiger partial charge < -0.3 is 5.32 Å². The Morgan fingerprint density at radius 1 is 1.10 bits per heavy atom. The van der Waals surface area contributed by atoms with Gasteiger partial charge in [0.1, 0.15) is 0 Å². The molecule has 0 atom stereocenters. The first kappa shape index (κ1) is 14.5. The molecule has 0 saturated heterocycles. The summed E-state index contributed by atoms with van der Waals surface area (Å²) in [6.07, 6.45) is 2.92. The molecule has 2 heterocycles. The number of nitrogens with zero attached hydrogens (tertiary/aromatic N) is 1. The molecule has 3 aromatic rings. The molecule has 4 heteroatoms. The molecule has 21 heavy (non-hydrogen) atoms. The molecule has 2 nitrogen and oxygen atoms in total. The summed E-state index contributed by atoms with van der Waals surface area (Å²) in [7, 11) is 0. The molecule has 0 fully saturated rings. The molecule has 0 aliphatic carbocycles. The van der Waals surface area contributed by atoms with Crippen molar-refractivity contribution in [2.75, 3.05) is 0 Å². The van der Waals surface area contributed by atoms with Gasteiger partial charge in [-0.1, -0.05) is 24.6 Å². The molecule has 0 aliphatic heterocycles. The molecular formula is C17H17ClN2S. The number of aryl methyl sites for hydroxylation is 1. The first-order chi connectivity index (χ1) is 10.3. The lowest BCUT2D eigenvalue weighted by Gasteiger charge is -2.08. The highest BCUT2D eigenvalue weighted by Gasteiger charge is 2.05. The Balaban J connectivity index is 1.72. The number of rotatable bonds is 5. The Hall–Kier alpha value is -1.42. The molecule has 0 bridgehead atoms. The predicted octanol–water partition coefficient (Wildman–Crippen LogP) is 4.80. The molecule has 0 amide bonds. The number of aromatic nitrogens is 1. The third kappa shape index (κ3) is 3.26. The Bertz CT molecular complexity index is 751. The van der Waals surface area contributed by atoms with Crippen LogP contribution in [-0.2, 0) is 19.5 Å². The maximum atomic E-state index is 6.22. The zero-order chi connectivity index (χ0) is 14.7. The van der Waals surface area contributed by atoms with E-state index in [-0.39, 0.29) is 0 Å². The second-order valence-corrected chi connectivity index (χ2v) is 6.59. The van der Waals surface area contributed by atoms with E-state index >= 15 is 0 Å². The summed E-state index contributed by atoms with van der Waals surface area (Å²) in [4.78, 5) is 7.27. The molecule has 3 rings (SSSR count). The molecule has 0 saturated carbocycles. The van der Waals surface area contributed by atoms with Crippen LogP contribution < -0.4 is 5.32 Å². The highest BCUT2D eigenvalue weighted by Crippen LogP contribution is 2.24. The van der Waals surface area contributed by atoms with Crippen molar-refractivity contribution in [3.63, 3.8) is 0 Å². The minimum Gasteiger partial charge on any atom is -0.308 e. The Morgan fingerprint density at radius 3 is 2.76 bits per heavy atom. The molecule has 0 aliphatic rings. The van der Waals surface area contributed by atoms with Crippen LogP contribution in [0.15, 0.2) is 42.6 Å². The van der Waals surface area contributed by atoms with Gasteiger partial charge in [-0.25, -0.2) is 0 Å². The molecule has 1 aromatic carbocycles. The van der Waals surface area contributed by atoms with Crippen LogP contribution in [0, 0.1) is 0 Å². The number of fused-ring (bicyclic) bond motifs is 1. The lowest BCUT2D eigenvalue weighted by molar-refractivity contribution is 0.703. The van der Waals surface area contributed by atoms with Gasteiger partial charge in [0.2, 0.25) is 0 Å². The standard InChI is InChI=1S/C17H17ClN2S/c1-2-13-6-7-14(21-13)11-19-10-12-5-8-16(18)15-4-3-9-20-17(12)15/h3-9,19H,2,10-11H2,1H3. The summed E-state index contributed by atoms with van der Waals surface area (Å²) < 4.78 is 0. The normalized spacial score (nSPS) is 11.1. The third-order valence-corrected chi connectivity index (χ3v) is 5.04. The summed E-state index contributed by atoms with van der Waals surface area (Å²) in [5.74, 6) is 0. The van der Waals surface area contributed by atoms with Gasteiger partial charge in [0.15, 0.2) is 0 Å². The van der Waals surface area contributed by atoms with Crippen LogP contribution in [-0.4, -0.2) is 4.98 Å². The van der Waals surface area contributed by atoms with Crippen molar-refractivity contribution < 1.29 is 0 Å². The molecule has 0 unspecified atom stereocenters. The summed E-state index contributed by atoms with van der Waals surface area (Å²) in [5, 5.41) is 5.27. The van der Waals surface area contributed by atoms with E-state index in [0.29, 0.717) is 0 Å². The van der Waals surface area contributed by atoms with Crippen molar-refractivity contribution in [1.29, 1.82) is 0 Å². The van der Waals surface area contributed by atoms with E-state index in [1.54, 1.807) is 0 Å². The lowest BCUT2D eigenvalue weighted by atomic mass is 10.1. The van der Waals surface area contributed by atoms with Crippen LogP contribution in [0.2, 0.25) is 5.02 Å². The van der Waals surface area contributed by atoms with Crippen LogP contribution in [0.5, 0.6) is 0 Å². The van der Waals surface area contributed by atoms with Gasteiger partial charge in [-0.15, -0.1) is 11.3 Å². The van der Waals surface area contributed by atoms with Crippen molar-refractivity contribution in [3.8, 4) is 0 Å². The average Bonchev–Trinajstić information content (AvgIpc) is 2.98. The average molecular weight is 317 g/mol. The third-order valence-electron chi connectivity index (χ3n) is 3.48. The highest BCUT2D eigenvalue weighted by atomic mass is 35.5. The monoisotopic (exact) mass is 316 g/mol. The molecular weight excluding hydrogens is 300 g/mol. The van der Waals surface area contributed by atoms with Gasteiger partial charge in [0, 0.05) is 39.4 Å². The van der Waals surface area contributed by atoms with Crippen molar-refractivity contribution in [2.24, 2.45) is 0 Å². The van der Waals surface area contributed by atoms with Gasteiger partial charge in [-0.2, -0.15) is 0 Å². The number of halogens is 1. The number of hydrogen-bond acceptors (Lipinski definition) is 3. The fourth-order valence-electron chi connectivity index (χ4n) is 2.37. The van der Waals surface area contributed by atoms with Crippen LogP contribution in [0.1, 0.15) is 22.2 Å². The van der Waals surface area contributed by atoms with E-state index in [1.807, 2.05) is 35.7 Å². The zero-order valence-electron chi connectivity index (χ0n) is 11.9. The fraction of sp³-hybridized carbons (Fsp3) is 0.235. The largest absolute Gasteiger partial charge is 0.308 e. The predicted molar refractivity (Wildman–Crippen MR) is 91.0 cm³/mol. The van der Waals surface area contributed by atoms with Crippen LogP contribution in [0.4, 0.5) is 0 Å². The lowest BCUT2D eigenvalue weighted by Crippen LogP contribution is -2.12. The van der Waals surface area contributed by atoms with E-state index in [1.165, 1.54) is 15.3 Å². The molecule has 1 N–H and O–H groups in total. The van der Waals surface area contributed by atoms with Crippen LogP contribution in [0.25, 0.3) is 10.9 Å². The summed E-state index contributed by atoms with van der Waals surface area (Å²) in [6, 6.07) is 12.3. The van der Waals surface area contributed by atoms with Gasteiger partial charge >= 0.3 is 0 Å². The van der Waals surface area contributed by atoms with Crippen molar-refractivity contribution in [1.82, 2.24) is 10.3 Å². The minimum absolute atomic E-state index is 0.757. The Morgan fingerprint density at radius 2 is 1.95 bits per heavy atom. The molecule has 0 spiro atoms. The molecule has 108 valence electrons. The first-order valence-corrected chi connectivity index (χ1v) is 8.28. The van der Waals surface area contributed by atoms with Gasteiger partial charge in [0.05, 0.1) is 5.52 Å². The quantitative estimate of drug-likeness (QED) is 0.731. The SMILES string of the molecule is CCc1ccc(CNCc2ccc(Cl)c3cccnc23)s1. The van der Waals surface area contributed by atoms with Gasteiger partial charge in [-0.05, 0) is 42.3 Å². The Kier molecular flexibility index (Phi) is 4.54.